The second kappa shape index (κ2) is 6.85. The lowest BCUT2D eigenvalue weighted by molar-refractivity contribution is -0.123. The summed E-state index contributed by atoms with van der Waals surface area (Å²) in [5, 5.41) is 4.03. The fourth-order valence-electron chi connectivity index (χ4n) is 3.12. The standard InChI is InChI=1S/C20H23ClN4O2/c1-12-13(2)25(15-8-6-14(21)7-9-15)18-17(12)19(27)24(11-22-18)10-16(26)23-20(3,4)5/h6-9,11H,10H2,1-5H3,(H,23,26). The molecule has 3 aromatic rings. The van der Waals surface area contributed by atoms with Crippen molar-refractivity contribution < 1.29 is 4.79 Å². The van der Waals surface area contributed by atoms with Gasteiger partial charge in [-0.1, -0.05) is 11.6 Å². The molecule has 142 valence electrons. The zero-order chi connectivity index (χ0) is 19.9. The molecule has 1 N–H and O–H groups in total. The van der Waals surface area contributed by atoms with Gasteiger partial charge in [0.25, 0.3) is 5.56 Å². The van der Waals surface area contributed by atoms with Crippen LogP contribution in [0.5, 0.6) is 0 Å². The number of aromatic nitrogens is 3. The van der Waals surface area contributed by atoms with Gasteiger partial charge in [-0.3, -0.25) is 18.7 Å². The van der Waals surface area contributed by atoms with Gasteiger partial charge in [-0.25, -0.2) is 4.98 Å². The van der Waals surface area contributed by atoms with Crippen molar-refractivity contribution >= 4 is 28.5 Å². The molecule has 0 atom stereocenters. The summed E-state index contributed by atoms with van der Waals surface area (Å²) in [5.41, 5.74) is 2.65. The molecule has 1 amide bonds. The summed E-state index contributed by atoms with van der Waals surface area (Å²) in [6.07, 6.45) is 1.43. The Balaban J connectivity index is 2.10. The molecule has 0 aliphatic rings. The van der Waals surface area contributed by atoms with Crippen molar-refractivity contribution in [3.05, 3.63) is 57.2 Å². The van der Waals surface area contributed by atoms with Crippen molar-refractivity contribution in [2.24, 2.45) is 0 Å². The first kappa shape index (κ1) is 19.2. The predicted molar refractivity (Wildman–Crippen MR) is 108 cm³/mol. The second-order valence-corrected chi connectivity index (χ2v) is 8.13. The normalized spacial score (nSPS) is 11.8. The van der Waals surface area contributed by atoms with Gasteiger partial charge >= 0.3 is 0 Å². The number of carbonyl (C=O) groups excluding carboxylic acids is 1. The lowest BCUT2D eigenvalue weighted by Crippen LogP contribution is -2.43. The van der Waals surface area contributed by atoms with Gasteiger partial charge in [0.15, 0.2) is 5.65 Å². The Hall–Kier alpha value is -2.60. The molecule has 1 aromatic carbocycles. The SMILES string of the molecule is Cc1c(C)n(-c2ccc(Cl)cc2)c2ncn(CC(=O)NC(C)(C)C)c(=O)c12. The molecule has 0 saturated heterocycles. The van der Waals surface area contributed by atoms with Crippen LogP contribution in [-0.4, -0.2) is 25.6 Å². The van der Waals surface area contributed by atoms with Crippen molar-refractivity contribution in [3.63, 3.8) is 0 Å². The highest BCUT2D eigenvalue weighted by Crippen LogP contribution is 2.25. The Bertz CT molecular complexity index is 1070. The first-order valence-corrected chi connectivity index (χ1v) is 9.10. The molecule has 2 heterocycles. The Morgan fingerprint density at radius 2 is 1.81 bits per heavy atom. The number of nitrogens with one attached hydrogen (secondary N) is 1. The summed E-state index contributed by atoms with van der Waals surface area (Å²) in [4.78, 5) is 29.7. The number of carbonyl (C=O) groups is 1. The molecular formula is C20H23ClN4O2. The van der Waals surface area contributed by atoms with Gasteiger partial charge in [-0.05, 0) is 64.4 Å². The van der Waals surface area contributed by atoms with E-state index in [1.165, 1.54) is 10.9 Å². The third-order valence-corrected chi connectivity index (χ3v) is 4.65. The highest BCUT2D eigenvalue weighted by Gasteiger charge is 2.20. The fraction of sp³-hybridized carbons (Fsp3) is 0.350. The van der Waals surface area contributed by atoms with Crippen molar-refractivity contribution in [1.82, 2.24) is 19.4 Å². The predicted octanol–water partition coefficient (Wildman–Crippen LogP) is 3.37. The lowest BCUT2D eigenvalue weighted by Gasteiger charge is -2.20. The number of benzene rings is 1. The summed E-state index contributed by atoms with van der Waals surface area (Å²) in [6.45, 7) is 9.47. The zero-order valence-electron chi connectivity index (χ0n) is 16.1. The van der Waals surface area contributed by atoms with Crippen LogP contribution < -0.4 is 10.9 Å². The van der Waals surface area contributed by atoms with E-state index in [1.54, 1.807) is 12.1 Å². The average molecular weight is 387 g/mol. The number of halogens is 1. The smallest absolute Gasteiger partial charge is 0.263 e. The second-order valence-electron chi connectivity index (χ2n) is 7.70. The van der Waals surface area contributed by atoms with Crippen LogP contribution in [0.1, 0.15) is 32.0 Å². The summed E-state index contributed by atoms with van der Waals surface area (Å²) >= 11 is 5.99. The molecule has 6 nitrogen and oxygen atoms in total. The molecule has 0 radical (unpaired) electrons. The molecule has 0 bridgehead atoms. The maximum Gasteiger partial charge on any atom is 0.263 e. The molecule has 0 unspecified atom stereocenters. The molecular weight excluding hydrogens is 364 g/mol. The summed E-state index contributed by atoms with van der Waals surface area (Å²) in [6, 6.07) is 7.38. The van der Waals surface area contributed by atoms with Gasteiger partial charge in [0.05, 0.1) is 5.39 Å². The van der Waals surface area contributed by atoms with E-state index in [9.17, 15) is 9.59 Å². The molecule has 0 aliphatic heterocycles. The van der Waals surface area contributed by atoms with Crippen molar-refractivity contribution in [2.45, 2.75) is 46.7 Å². The highest BCUT2D eigenvalue weighted by atomic mass is 35.5. The first-order chi connectivity index (χ1) is 12.6. The Morgan fingerprint density at radius 1 is 1.19 bits per heavy atom. The number of rotatable bonds is 3. The highest BCUT2D eigenvalue weighted by molar-refractivity contribution is 6.30. The van der Waals surface area contributed by atoms with E-state index in [0.29, 0.717) is 16.1 Å². The number of hydrogen-bond donors (Lipinski definition) is 1. The van der Waals surface area contributed by atoms with E-state index < -0.39 is 0 Å². The van der Waals surface area contributed by atoms with Crippen LogP contribution in [0.4, 0.5) is 0 Å². The number of amides is 1. The molecule has 0 aliphatic carbocycles. The molecule has 0 saturated carbocycles. The molecule has 2 aromatic heterocycles. The Kier molecular flexibility index (Phi) is 4.86. The monoisotopic (exact) mass is 386 g/mol. The quantitative estimate of drug-likeness (QED) is 0.750. The van der Waals surface area contributed by atoms with Crippen molar-refractivity contribution in [2.75, 3.05) is 0 Å². The van der Waals surface area contributed by atoms with Gasteiger partial charge in [0.1, 0.15) is 12.9 Å². The maximum absolute atomic E-state index is 13.0. The van der Waals surface area contributed by atoms with E-state index in [2.05, 4.69) is 10.3 Å². The lowest BCUT2D eigenvalue weighted by atomic mass is 10.1. The minimum absolute atomic E-state index is 0.0658. The van der Waals surface area contributed by atoms with Crippen LogP contribution in [0.15, 0.2) is 35.4 Å². The molecule has 3 rings (SSSR count). The number of hydrogen-bond acceptors (Lipinski definition) is 3. The van der Waals surface area contributed by atoms with E-state index in [-0.39, 0.29) is 23.6 Å². The molecule has 0 spiro atoms. The van der Waals surface area contributed by atoms with Gasteiger partial charge < -0.3 is 5.32 Å². The van der Waals surface area contributed by atoms with Gasteiger partial charge in [0, 0.05) is 21.9 Å². The van der Waals surface area contributed by atoms with Crippen molar-refractivity contribution in [3.8, 4) is 5.69 Å². The van der Waals surface area contributed by atoms with Gasteiger partial charge in [-0.15, -0.1) is 0 Å². The number of nitrogens with zero attached hydrogens (tertiary/aromatic N) is 3. The van der Waals surface area contributed by atoms with Crippen LogP contribution >= 0.6 is 11.6 Å². The molecule has 27 heavy (non-hydrogen) atoms. The Morgan fingerprint density at radius 3 is 2.41 bits per heavy atom. The maximum atomic E-state index is 13.0. The van der Waals surface area contributed by atoms with E-state index in [4.69, 9.17) is 11.6 Å². The van der Waals surface area contributed by atoms with E-state index in [1.807, 2.05) is 51.3 Å². The van der Waals surface area contributed by atoms with Crippen molar-refractivity contribution in [1.29, 1.82) is 0 Å². The van der Waals surface area contributed by atoms with Gasteiger partial charge in [-0.2, -0.15) is 0 Å². The molecule has 7 heteroatoms. The van der Waals surface area contributed by atoms with Crippen LogP contribution in [0.25, 0.3) is 16.7 Å². The largest absolute Gasteiger partial charge is 0.350 e. The third kappa shape index (κ3) is 3.76. The number of fused-ring (bicyclic) bond motifs is 1. The minimum Gasteiger partial charge on any atom is -0.350 e. The topological polar surface area (TPSA) is 68.9 Å². The van der Waals surface area contributed by atoms with E-state index in [0.717, 1.165) is 16.9 Å². The first-order valence-electron chi connectivity index (χ1n) is 8.72. The summed E-state index contributed by atoms with van der Waals surface area (Å²) in [7, 11) is 0. The minimum atomic E-state index is -0.358. The van der Waals surface area contributed by atoms with Crippen LogP contribution in [0.2, 0.25) is 5.02 Å². The van der Waals surface area contributed by atoms with Gasteiger partial charge in [0.2, 0.25) is 5.91 Å². The number of aryl methyl sites for hydroxylation is 1. The summed E-state index contributed by atoms with van der Waals surface area (Å²) in [5.74, 6) is -0.225. The summed E-state index contributed by atoms with van der Waals surface area (Å²) < 4.78 is 3.28. The zero-order valence-corrected chi connectivity index (χ0v) is 16.9. The Labute approximate surface area is 162 Å². The van der Waals surface area contributed by atoms with Crippen LogP contribution in [0, 0.1) is 13.8 Å². The third-order valence-electron chi connectivity index (χ3n) is 4.40. The van der Waals surface area contributed by atoms with Crippen LogP contribution in [0.3, 0.4) is 0 Å². The fourth-order valence-corrected chi connectivity index (χ4v) is 3.24. The average Bonchev–Trinajstić information content (AvgIpc) is 2.81. The van der Waals surface area contributed by atoms with Crippen LogP contribution in [-0.2, 0) is 11.3 Å². The van der Waals surface area contributed by atoms with E-state index >= 15 is 0 Å². The molecule has 0 fully saturated rings.